The number of aromatic nitrogens is 2. The smallest absolute Gasteiger partial charge is 0.0662 e. The van der Waals surface area contributed by atoms with Crippen molar-refractivity contribution in [3.63, 3.8) is 0 Å². The summed E-state index contributed by atoms with van der Waals surface area (Å²) in [4.78, 5) is 2.58. The molecule has 130 valence electrons. The Morgan fingerprint density at radius 3 is 2.71 bits per heavy atom. The molecule has 3 rings (SSSR count). The quantitative estimate of drug-likeness (QED) is 0.848. The molecule has 4 heteroatoms. The maximum absolute atomic E-state index is 9.10. The van der Waals surface area contributed by atoms with Crippen LogP contribution in [-0.2, 0) is 13.1 Å². The van der Waals surface area contributed by atoms with Gasteiger partial charge in [-0.05, 0) is 51.6 Å². The second kappa shape index (κ2) is 7.95. The van der Waals surface area contributed by atoms with Gasteiger partial charge in [-0.1, -0.05) is 30.3 Å². The molecule has 0 bridgehead atoms. The van der Waals surface area contributed by atoms with E-state index in [0.29, 0.717) is 12.6 Å². The average molecular weight is 327 g/mol. The number of likely N-dealkylation sites (tertiary alicyclic amines) is 1. The number of aliphatic hydroxyl groups is 1. The van der Waals surface area contributed by atoms with Gasteiger partial charge in [0.05, 0.1) is 12.2 Å². The van der Waals surface area contributed by atoms with Gasteiger partial charge in [0.2, 0.25) is 0 Å². The monoisotopic (exact) mass is 327 g/mol. The maximum Gasteiger partial charge on any atom is 0.0662 e. The van der Waals surface area contributed by atoms with Crippen LogP contribution in [0.4, 0.5) is 0 Å². The van der Waals surface area contributed by atoms with Crippen molar-refractivity contribution in [2.24, 2.45) is 0 Å². The fourth-order valence-electron chi connectivity index (χ4n) is 3.83. The van der Waals surface area contributed by atoms with Gasteiger partial charge < -0.3 is 5.11 Å². The normalized spacial score (nSPS) is 18.4. The minimum absolute atomic E-state index is 0.303. The molecule has 0 amide bonds. The lowest BCUT2D eigenvalue weighted by Crippen LogP contribution is -2.29. The number of aryl methyl sites for hydroxylation is 1. The van der Waals surface area contributed by atoms with Crippen molar-refractivity contribution in [3.8, 4) is 0 Å². The van der Waals surface area contributed by atoms with Gasteiger partial charge >= 0.3 is 0 Å². The number of benzene rings is 1. The zero-order valence-electron chi connectivity index (χ0n) is 14.9. The van der Waals surface area contributed by atoms with E-state index in [1.807, 2.05) is 0 Å². The van der Waals surface area contributed by atoms with Crippen LogP contribution >= 0.6 is 0 Å². The van der Waals surface area contributed by atoms with E-state index in [0.717, 1.165) is 31.6 Å². The second-order valence-electron chi connectivity index (χ2n) is 6.92. The summed E-state index contributed by atoms with van der Waals surface area (Å²) in [5, 5.41) is 13.9. The van der Waals surface area contributed by atoms with Crippen LogP contribution in [0.3, 0.4) is 0 Å². The molecule has 1 saturated heterocycles. The summed E-state index contributed by atoms with van der Waals surface area (Å²) in [6, 6.07) is 11.1. The van der Waals surface area contributed by atoms with Crippen molar-refractivity contribution in [1.82, 2.24) is 14.7 Å². The predicted molar refractivity (Wildman–Crippen MR) is 97.0 cm³/mol. The van der Waals surface area contributed by atoms with E-state index < -0.39 is 0 Å². The van der Waals surface area contributed by atoms with Gasteiger partial charge in [0, 0.05) is 30.5 Å². The Hall–Kier alpha value is -1.65. The van der Waals surface area contributed by atoms with Gasteiger partial charge in [0.1, 0.15) is 0 Å². The minimum Gasteiger partial charge on any atom is -0.396 e. The van der Waals surface area contributed by atoms with Gasteiger partial charge in [0.25, 0.3) is 0 Å². The highest BCUT2D eigenvalue weighted by Gasteiger charge is 2.26. The van der Waals surface area contributed by atoms with E-state index in [9.17, 15) is 0 Å². The lowest BCUT2D eigenvalue weighted by molar-refractivity contribution is 0.209. The molecule has 0 radical (unpaired) electrons. The second-order valence-corrected chi connectivity index (χ2v) is 6.92. The molecule has 1 aliphatic rings. The van der Waals surface area contributed by atoms with Crippen molar-refractivity contribution in [2.75, 3.05) is 13.2 Å². The van der Waals surface area contributed by atoms with Crippen LogP contribution in [0.15, 0.2) is 30.3 Å². The van der Waals surface area contributed by atoms with Gasteiger partial charge in [0.15, 0.2) is 0 Å². The van der Waals surface area contributed by atoms with Crippen LogP contribution in [0.25, 0.3) is 0 Å². The molecule has 0 spiro atoms. The molecule has 0 aliphatic carbocycles. The van der Waals surface area contributed by atoms with Crippen molar-refractivity contribution < 1.29 is 5.11 Å². The first-order valence-electron chi connectivity index (χ1n) is 9.10. The van der Waals surface area contributed by atoms with Crippen molar-refractivity contribution in [2.45, 2.75) is 58.7 Å². The van der Waals surface area contributed by atoms with Crippen LogP contribution in [-0.4, -0.2) is 39.0 Å². The molecule has 2 heterocycles. The van der Waals surface area contributed by atoms with Gasteiger partial charge in [-0.2, -0.15) is 5.10 Å². The van der Waals surface area contributed by atoms with Gasteiger partial charge in [-0.25, -0.2) is 0 Å². The molecule has 1 atom stereocenters. The van der Waals surface area contributed by atoms with Crippen molar-refractivity contribution in [3.05, 3.63) is 52.8 Å². The number of hydrogen-bond donors (Lipinski definition) is 1. The first kappa shape index (κ1) is 17.2. The Bertz CT molecular complexity index is 650. The summed E-state index contributed by atoms with van der Waals surface area (Å²) in [6.45, 7) is 7.61. The number of aliphatic hydroxyl groups excluding tert-OH is 1. The van der Waals surface area contributed by atoms with Crippen LogP contribution in [0.5, 0.6) is 0 Å². The standard InChI is InChI=1S/C20H29N3O/c1-16-20(15-22-12-6-10-19(22)11-7-13-24)17(2)23(21-16)14-18-8-4-3-5-9-18/h3-5,8-9,19,24H,6-7,10-15H2,1-2H3. The minimum atomic E-state index is 0.303. The van der Waals surface area contributed by atoms with Crippen molar-refractivity contribution >= 4 is 0 Å². The summed E-state index contributed by atoms with van der Waals surface area (Å²) in [6.07, 6.45) is 4.54. The summed E-state index contributed by atoms with van der Waals surface area (Å²) in [7, 11) is 0. The van der Waals surface area contributed by atoms with Crippen molar-refractivity contribution in [1.29, 1.82) is 0 Å². The third-order valence-electron chi connectivity index (χ3n) is 5.26. The topological polar surface area (TPSA) is 41.3 Å². The Kier molecular flexibility index (Phi) is 5.69. The Balaban J connectivity index is 1.72. The molecule has 1 aromatic carbocycles. The summed E-state index contributed by atoms with van der Waals surface area (Å²) >= 11 is 0. The lowest BCUT2D eigenvalue weighted by Gasteiger charge is -2.24. The Labute approximate surface area is 145 Å². The fourth-order valence-corrected chi connectivity index (χ4v) is 3.83. The van der Waals surface area contributed by atoms with Crippen LogP contribution in [0.1, 0.15) is 48.2 Å². The Morgan fingerprint density at radius 1 is 1.17 bits per heavy atom. The first-order chi connectivity index (χ1) is 11.7. The molecule has 1 aromatic heterocycles. The largest absolute Gasteiger partial charge is 0.396 e. The van der Waals surface area contributed by atoms with E-state index in [-0.39, 0.29) is 0 Å². The van der Waals surface area contributed by atoms with E-state index in [4.69, 9.17) is 10.2 Å². The van der Waals surface area contributed by atoms with Crippen LogP contribution in [0.2, 0.25) is 0 Å². The molecule has 1 fully saturated rings. The zero-order chi connectivity index (χ0) is 16.9. The van der Waals surface area contributed by atoms with Gasteiger partial charge in [-0.3, -0.25) is 9.58 Å². The molecule has 4 nitrogen and oxygen atoms in total. The molecule has 2 aromatic rings. The average Bonchev–Trinajstić information content (AvgIpc) is 3.14. The molecule has 1 aliphatic heterocycles. The summed E-state index contributed by atoms with van der Waals surface area (Å²) in [5.74, 6) is 0. The molecule has 24 heavy (non-hydrogen) atoms. The highest BCUT2D eigenvalue weighted by molar-refractivity contribution is 5.26. The van der Waals surface area contributed by atoms with E-state index in [1.54, 1.807) is 0 Å². The molecule has 1 unspecified atom stereocenters. The lowest BCUT2D eigenvalue weighted by atomic mass is 10.1. The van der Waals surface area contributed by atoms with Gasteiger partial charge in [-0.15, -0.1) is 0 Å². The van der Waals surface area contributed by atoms with E-state index in [1.165, 1.54) is 36.2 Å². The maximum atomic E-state index is 9.10. The molecular formula is C20H29N3O. The third kappa shape index (κ3) is 3.87. The fraction of sp³-hybridized carbons (Fsp3) is 0.550. The van der Waals surface area contributed by atoms with E-state index >= 15 is 0 Å². The number of nitrogens with zero attached hydrogens (tertiary/aromatic N) is 3. The first-order valence-corrected chi connectivity index (χ1v) is 9.10. The Morgan fingerprint density at radius 2 is 1.96 bits per heavy atom. The summed E-state index contributed by atoms with van der Waals surface area (Å²) < 4.78 is 2.14. The molecule has 1 N–H and O–H groups in total. The summed E-state index contributed by atoms with van der Waals surface area (Å²) in [5.41, 5.74) is 5.10. The molecule has 0 saturated carbocycles. The zero-order valence-corrected chi connectivity index (χ0v) is 14.9. The number of rotatable bonds is 7. The highest BCUT2D eigenvalue weighted by Crippen LogP contribution is 2.26. The number of hydrogen-bond acceptors (Lipinski definition) is 3. The van der Waals surface area contributed by atoms with Crippen LogP contribution in [0, 0.1) is 13.8 Å². The SMILES string of the molecule is Cc1nn(Cc2ccccc2)c(C)c1CN1CCCC1CCCO. The molecular weight excluding hydrogens is 298 g/mol. The highest BCUT2D eigenvalue weighted by atomic mass is 16.2. The van der Waals surface area contributed by atoms with Crippen LogP contribution < -0.4 is 0 Å². The third-order valence-corrected chi connectivity index (χ3v) is 5.26. The van der Waals surface area contributed by atoms with E-state index in [2.05, 4.69) is 53.8 Å². The predicted octanol–water partition coefficient (Wildman–Crippen LogP) is 3.29.